The van der Waals surface area contributed by atoms with E-state index in [2.05, 4.69) is 6.07 Å². The van der Waals surface area contributed by atoms with Gasteiger partial charge in [0, 0.05) is 13.2 Å². The molecule has 5 heteroatoms. The van der Waals surface area contributed by atoms with Crippen LogP contribution >= 0.6 is 11.8 Å². The molecule has 1 aliphatic rings. The molecule has 0 N–H and O–H groups in total. The van der Waals surface area contributed by atoms with Gasteiger partial charge in [0.1, 0.15) is 5.37 Å². The Bertz CT molecular complexity index is 539. The third-order valence-electron chi connectivity index (χ3n) is 3.26. The van der Waals surface area contributed by atoms with E-state index in [1.165, 1.54) is 0 Å². The lowest BCUT2D eigenvalue weighted by Gasteiger charge is -2.24. The van der Waals surface area contributed by atoms with Crippen LogP contribution in [0.5, 0.6) is 0 Å². The predicted octanol–water partition coefficient (Wildman–Crippen LogP) is 2.95. The molecule has 0 bridgehead atoms. The van der Waals surface area contributed by atoms with Crippen molar-refractivity contribution in [1.29, 1.82) is 5.26 Å². The first-order valence-corrected chi connectivity index (χ1v) is 8.19. The predicted molar refractivity (Wildman–Crippen MR) is 83.8 cm³/mol. The first kappa shape index (κ1) is 15.9. The zero-order chi connectivity index (χ0) is 15.2. The van der Waals surface area contributed by atoms with Crippen molar-refractivity contribution in [3.8, 4) is 6.07 Å². The molecule has 1 saturated heterocycles. The quantitative estimate of drug-likeness (QED) is 0.758. The lowest BCUT2D eigenvalue weighted by molar-refractivity contribution is -0.128. The Kier molecular flexibility index (Phi) is 5.66. The molecule has 1 unspecified atom stereocenters. The molecule has 1 aliphatic heterocycles. The van der Waals surface area contributed by atoms with Crippen LogP contribution in [0.3, 0.4) is 0 Å². The minimum absolute atomic E-state index is 0.0184. The second-order valence-electron chi connectivity index (χ2n) is 5.26. The molecular weight excluding hydrogens is 284 g/mol. The topological polar surface area (TPSA) is 53.3 Å². The highest BCUT2D eigenvalue weighted by Crippen LogP contribution is 2.38. The third kappa shape index (κ3) is 4.23. The number of hydrogen-bond donors (Lipinski definition) is 0. The molecule has 1 fully saturated rings. The Morgan fingerprint density at radius 3 is 3.05 bits per heavy atom. The molecule has 0 spiro atoms. The van der Waals surface area contributed by atoms with Crippen LogP contribution in [0.4, 0.5) is 0 Å². The van der Waals surface area contributed by atoms with E-state index in [0.29, 0.717) is 24.5 Å². The van der Waals surface area contributed by atoms with Crippen LogP contribution in [-0.4, -0.2) is 35.8 Å². The number of carbonyl (C=O) groups excluding carboxylic acids is 1. The zero-order valence-corrected chi connectivity index (χ0v) is 13.2. The summed E-state index contributed by atoms with van der Waals surface area (Å²) in [5.74, 6) is 0.670. The van der Waals surface area contributed by atoms with Gasteiger partial charge in [0.05, 0.1) is 23.5 Å². The van der Waals surface area contributed by atoms with E-state index in [1.807, 2.05) is 36.9 Å². The van der Waals surface area contributed by atoms with Crippen LogP contribution < -0.4 is 0 Å². The van der Waals surface area contributed by atoms with E-state index >= 15 is 0 Å². The molecule has 0 saturated carbocycles. The number of rotatable bonds is 6. The number of carbonyl (C=O) groups is 1. The molecule has 1 aromatic carbocycles. The molecule has 0 aliphatic carbocycles. The minimum Gasteiger partial charge on any atom is -0.379 e. The Morgan fingerprint density at radius 1 is 1.52 bits per heavy atom. The van der Waals surface area contributed by atoms with Crippen LogP contribution in [0.15, 0.2) is 24.3 Å². The van der Waals surface area contributed by atoms with Crippen molar-refractivity contribution < 1.29 is 9.53 Å². The van der Waals surface area contributed by atoms with Crippen molar-refractivity contribution in [3.63, 3.8) is 0 Å². The average Bonchev–Trinajstić information content (AvgIpc) is 2.84. The average molecular weight is 304 g/mol. The molecule has 112 valence electrons. The number of ether oxygens (including phenoxy) is 1. The summed E-state index contributed by atoms with van der Waals surface area (Å²) in [7, 11) is 0. The number of benzene rings is 1. The molecule has 1 amide bonds. The van der Waals surface area contributed by atoms with Crippen LogP contribution in [0.1, 0.15) is 36.8 Å². The van der Waals surface area contributed by atoms with Gasteiger partial charge in [-0.3, -0.25) is 4.79 Å². The smallest absolute Gasteiger partial charge is 0.233 e. The summed E-state index contributed by atoms with van der Waals surface area (Å²) in [5, 5.41) is 9.01. The Morgan fingerprint density at radius 2 is 2.33 bits per heavy atom. The van der Waals surface area contributed by atoms with Gasteiger partial charge in [0.25, 0.3) is 0 Å². The summed E-state index contributed by atoms with van der Waals surface area (Å²) in [6, 6.07) is 9.65. The van der Waals surface area contributed by atoms with Crippen LogP contribution in [0.2, 0.25) is 0 Å². The molecule has 1 atom stereocenters. The van der Waals surface area contributed by atoms with E-state index < -0.39 is 0 Å². The van der Waals surface area contributed by atoms with Crippen LogP contribution in [0, 0.1) is 11.3 Å². The van der Waals surface area contributed by atoms with Crippen LogP contribution in [0.25, 0.3) is 0 Å². The van der Waals surface area contributed by atoms with Gasteiger partial charge >= 0.3 is 0 Å². The summed E-state index contributed by atoms with van der Waals surface area (Å²) in [5.41, 5.74) is 1.66. The highest BCUT2D eigenvalue weighted by Gasteiger charge is 2.32. The maximum atomic E-state index is 12.0. The first-order valence-electron chi connectivity index (χ1n) is 7.14. The number of nitriles is 1. The lowest BCUT2D eigenvalue weighted by Crippen LogP contribution is -2.30. The molecule has 2 rings (SSSR count). The summed E-state index contributed by atoms with van der Waals surface area (Å²) in [4.78, 5) is 13.9. The number of nitrogens with zero attached hydrogens (tertiary/aromatic N) is 2. The summed E-state index contributed by atoms with van der Waals surface area (Å²) < 4.78 is 5.53. The van der Waals surface area contributed by atoms with Crippen molar-refractivity contribution in [1.82, 2.24) is 4.90 Å². The van der Waals surface area contributed by atoms with E-state index in [9.17, 15) is 4.79 Å². The monoisotopic (exact) mass is 304 g/mol. The molecule has 0 radical (unpaired) electrons. The van der Waals surface area contributed by atoms with Crippen molar-refractivity contribution in [3.05, 3.63) is 35.4 Å². The highest BCUT2D eigenvalue weighted by molar-refractivity contribution is 8.00. The number of thioether (sulfide) groups is 1. The van der Waals surface area contributed by atoms with Gasteiger partial charge in [-0.15, -0.1) is 11.8 Å². The fraction of sp³-hybridized carbons (Fsp3) is 0.500. The van der Waals surface area contributed by atoms with Crippen molar-refractivity contribution in [2.24, 2.45) is 0 Å². The molecular formula is C16H20N2O2S. The fourth-order valence-electron chi connectivity index (χ4n) is 2.29. The summed E-state index contributed by atoms with van der Waals surface area (Å²) >= 11 is 1.62. The van der Waals surface area contributed by atoms with Gasteiger partial charge in [0.15, 0.2) is 0 Å². The first-order chi connectivity index (χ1) is 10.1. The van der Waals surface area contributed by atoms with Gasteiger partial charge in [-0.1, -0.05) is 12.1 Å². The molecule has 0 aromatic heterocycles. The standard InChI is InChI=1S/C16H20N2O2S/c1-12(2)20-8-4-7-18-15(19)11-21-16(18)14-6-3-5-13(9-14)10-17/h3,5-6,9,12,16H,4,7-8,11H2,1-2H3. The van der Waals surface area contributed by atoms with E-state index in [0.717, 1.165) is 12.0 Å². The van der Waals surface area contributed by atoms with E-state index in [-0.39, 0.29) is 17.4 Å². The normalized spacial score (nSPS) is 18.3. The Hall–Kier alpha value is -1.51. The molecule has 21 heavy (non-hydrogen) atoms. The lowest BCUT2D eigenvalue weighted by atomic mass is 10.1. The SMILES string of the molecule is CC(C)OCCCN1C(=O)CSC1c1cccc(C#N)c1. The minimum atomic E-state index is 0.0184. The molecule has 4 nitrogen and oxygen atoms in total. The van der Waals surface area contributed by atoms with Gasteiger partial charge in [0.2, 0.25) is 5.91 Å². The van der Waals surface area contributed by atoms with Crippen molar-refractivity contribution in [2.45, 2.75) is 31.7 Å². The summed E-state index contributed by atoms with van der Waals surface area (Å²) in [6.45, 7) is 5.37. The highest BCUT2D eigenvalue weighted by atomic mass is 32.2. The van der Waals surface area contributed by atoms with Gasteiger partial charge in [-0.05, 0) is 38.0 Å². The number of hydrogen-bond acceptors (Lipinski definition) is 4. The fourth-order valence-corrected chi connectivity index (χ4v) is 3.50. The van der Waals surface area contributed by atoms with Crippen LogP contribution in [-0.2, 0) is 9.53 Å². The second kappa shape index (κ2) is 7.48. The largest absolute Gasteiger partial charge is 0.379 e. The Balaban J connectivity index is 2.01. The van der Waals surface area contributed by atoms with Gasteiger partial charge in [-0.2, -0.15) is 5.26 Å². The second-order valence-corrected chi connectivity index (χ2v) is 6.33. The third-order valence-corrected chi connectivity index (χ3v) is 4.52. The molecule has 1 heterocycles. The maximum Gasteiger partial charge on any atom is 0.233 e. The number of amides is 1. The summed E-state index contributed by atoms with van der Waals surface area (Å²) in [6.07, 6.45) is 1.05. The maximum absolute atomic E-state index is 12.0. The molecule has 1 aromatic rings. The van der Waals surface area contributed by atoms with Gasteiger partial charge < -0.3 is 9.64 Å². The van der Waals surface area contributed by atoms with Crippen molar-refractivity contribution in [2.75, 3.05) is 18.9 Å². The zero-order valence-electron chi connectivity index (χ0n) is 12.4. The van der Waals surface area contributed by atoms with Gasteiger partial charge in [-0.25, -0.2) is 0 Å². The Labute approximate surface area is 130 Å². The van der Waals surface area contributed by atoms with E-state index in [1.54, 1.807) is 17.8 Å². The van der Waals surface area contributed by atoms with E-state index in [4.69, 9.17) is 10.00 Å². The van der Waals surface area contributed by atoms with Crippen molar-refractivity contribution >= 4 is 17.7 Å².